The minimum Gasteiger partial charge on any atom is -0.439 e. The van der Waals surface area contributed by atoms with Gasteiger partial charge in [0.1, 0.15) is 10.6 Å². The standard InChI is InChI=1S/C29H33N7O3S/c1-20-5-4-6-21(2)28(20)26-17-27(32-29(31-26)33-40(37,38)25-18-30-34(3)19-25)39-24-11-9-23(10-12-24)36-15-13-35(14-16-36)22-7-8-22/h4-6,9-12,17-19,22H,7-8,13-16H2,1-3H3,(H,31,32,33). The number of anilines is 2. The SMILES string of the molecule is Cc1cccc(C)c1-c1cc(Oc2ccc(N3CCN(C4CC4)CC3)cc2)nc(NS(=O)(=O)c2cnn(C)c2)n1. The summed E-state index contributed by atoms with van der Waals surface area (Å²) in [6, 6.07) is 16.5. The van der Waals surface area contributed by atoms with Crippen molar-refractivity contribution in [1.82, 2.24) is 24.6 Å². The largest absolute Gasteiger partial charge is 0.439 e. The number of aromatic nitrogens is 4. The van der Waals surface area contributed by atoms with Crippen molar-refractivity contribution in [3.8, 4) is 22.9 Å². The van der Waals surface area contributed by atoms with E-state index in [2.05, 4.69) is 41.7 Å². The molecule has 4 aromatic rings. The van der Waals surface area contributed by atoms with Gasteiger partial charge in [0.15, 0.2) is 0 Å². The maximum atomic E-state index is 13.0. The first kappa shape index (κ1) is 26.3. The monoisotopic (exact) mass is 559 g/mol. The van der Waals surface area contributed by atoms with Gasteiger partial charge < -0.3 is 9.64 Å². The fourth-order valence-electron chi connectivity index (χ4n) is 5.22. The third-order valence-corrected chi connectivity index (χ3v) is 8.74. The van der Waals surface area contributed by atoms with Crippen LogP contribution in [0.5, 0.6) is 11.6 Å². The highest BCUT2D eigenvalue weighted by Crippen LogP contribution is 2.32. The molecule has 1 aliphatic heterocycles. The molecule has 1 saturated carbocycles. The molecule has 0 spiro atoms. The summed E-state index contributed by atoms with van der Waals surface area (Å²) in [5.41, 5.74) is 4.65. The molecule has 1 N–H and O–H groups in total. The highest BCUT2D eigenvalue weighted by Gasteiger charge is 2.31. The second-order valence-corrected chi connectivity index (χ2v) is 12.2. The minimum absolute atomic E-state index is 0.0205. The fourth-order valence-corrected chi connectivity index (χ4v) is 6.14. The molecule has 2 aliphatic rings. The Morgan fingerprint density at radius 1 is 0.950 bits per heavy atom. The zero-order valence-electron chi connectivity index (χ0n) is 22.9. The van der Waals surface area contributed by atoms with Crippen LogP contribution < -0.4 is 14.4 Å². The van der Waals surface area contributed by atoms with E-state index in [-0.39, 0.29) is 16.7 Å². The molecule has 6 rings (SSSR count). The van der Waals surface area contributed by atoms with Gasteiger partial charge in [-0.2, -0.15) is 10.1 Å². The van der Waals surface area contributed by atoms with Gasteiger partial charge in [0.25, 0.3) is 10.0 Å². The lowest BCUT2D eigenvalue weighted by atomic mass is 10.00. The van der Waals surface area contributed by atoms with Crippen LogP contribution in [0.1, 0.15) is 24.0 Å². The average Bonchev–Trinajstić information content (AvgIpc) is 3.68. The Hall–Kier alpha value is -3.96. The summed E-state index contributed by atoms with van der Waals surface area (Å²) in [4.78, 5) is 14.0. The zero-order valence-corrected chi connectivity index (χ0v) is 23.7. The summed E-state index contributed by atoms with van der Waals surface area (Å²) in [6.07, 6.45) is 5.38. The zero-order chi connectivity index (χ0) is 27.9. The van der Waals surface area contributed by atoms with Crippen LogP contribution in [-0.4, -0.2) is 65.3 Å². The lowest BCUT2D eigenvalue weighted by Crippen LogP contribution is -2.47. The van der Waals surface area contributed by atoms with Crippen molar-refractivity contribution < 1.29 is 13.2 Å². The Balaban J connectivity index is 1.27. The highest BCUT2D eigenvalue weighted by atomic mass is 32.2. The highest BCUT2D eigenvalue weighted by molar-refractivity contribution is 7.92. The van der Waals surface area contributed by atoms with Crippen LogP contribution in [0.2, 0.25) is 0 Å². The summed E-state index contributed by atoms with van der Waals surface area (Å²) < 4.78 is 36.1. The van der Waals surface area contributed by atoms with Crippen molar-refractivity contribution in [3.63, 3.8) is 0 Å². The van der Waals surface area contributed by atoms with Crippen LogP contribution in [0, 0.1) is 13.8 Å². The molecule has 1 aliphatic carbocycles. The van der Waals surface area contributed by atoms with E-state index in [0.717, 1.165) is 54.6 Å². The number of piperazine rings is 1. The third kappa shape index (κ3) is 5.66. The second-order valence-electron chi connectivity index (χ2n) is 10.5. The fraction of sp³-hybridized carbons (Fsp3) is 0.345. The molecule has 2 fully saturated rings. The molecule has 11 heteroatoms. The Kier molecular flexibility index (Phi) is 6.93. The Morgan fingerprint density at radius 2 is 1.65 bits per heavy atom. The molecule has 2 aromatic carbocycles. The van der Waals surface area contributed by atoms with Gasteiger partial charge in [-0.25, -0.2) is 18.1 Å². The molecule has 40 heavy (non-hydrogen) atoms. The van der Waals surface area contributed by atoms with E-state index >= 15 is 0 Å². The smallest absolute Gasteiger partial charge is 0.267 e. The van der Waals surface area contributed by atoms with Gasteiger partial charge in [-0.05, 0) is 62.1 Å². The number of ether oxygens (including phenoxy) is 1. The molecule has 1 saturated heterocycles. The van der Waals surface area contributed by atoms with Gasteiger partial charge in [-0.15, -0.1) is 0 Å². The van der Waals surface area contributed by atoms with E-state index in [1.54, 1.807) is 13.1 Å². The quantitative estimate of drug-likeness (QED) is 0.339. The van der Waals surface area contributed by atoms with Crippen LogP contribution >= 0.6 is 0 Å². The van der Waals surface area contributed by atoms with E-state index in [1.807, 2.05) is 44.2 Å². The summed E-state index contributed by atoms with van der Waals surface area (Å²) in [5, 5.41) is 3.97. The molecule has 3 heterocycles. The molecule has 0 radical (unpaired) electrons. The topological polar surface area (TPSA) is 105 Å². The van der Waals surface area contributed by atoms with Gasteiger partial charge in [0, 0.05) is 62.8 Å². The van der Waals surface area contributed by atoms with Gasteiger partial charge in [-0.1, -0.05) is 18.2 Å². The molecular formula is C29H33N7O3S. The molecule has 0 unspecified atom stereocenters. The van der Waals surface area contributed by atoms with E-state index in [1.165, 1.54) is 29.9 Å². The maximum absolute atomic E-state index is 13.0. The Morgan fingerprint density at radius 3 is 2.27 bits per heavy atom. The molecule has 208 valence electrons. The van der Waals surface area contributed by atoms with Crippen LogP contribution in [-0.2, 0) is 17.1 Å². The van der Waals surface area contributed by atoms with Gasteiger partial charge in [0.2, 0.25) is 11.8 Å². The van der Waals surface area contributed by atoms with Crippen molar-refractivity contribution in [3.05, 3.63) is 72.1 Å². The number of sulfonamides is 1. The van der Waals surface area contributed by atoms with Crippen LogP contribution in [0.4, 0.5) is 11.6 Å². The first-order valence-electron chi connectivity index (χ1n) is 13.5. The summed E-state index contributed by atoms with van der Waals surface area (Å²) in [5.74, 6) is 0.763. The van der Waals surface area contributed by atoms with Gasteiger partial charge in [0.05, 0.1) is 11.9 Å². The van der Waals surface area contributed by atoms with Crippen LogP contribution in [0.15, 0.2) is 65.8 Å². The molecule has 0 atom stereocenters. The summed E-state index contributed by atoms with van der Waals surface area (Å²) >= 11 is 0. The molecule has 0 bridgehead atoms. The number of nitrogens with one attached hydrogen (secondary N) is 1. The number of hydrogen-bond donors (Lipinski definition) is 1. The van der Waals surface area contributed by atoms with E-state index in [9.17, 15) is 8.42 Å². The Bertz CT molecular complexity index is 1600. The predicted octanol–water partition coefficient (Wildman–Crippen LogP) is 4.37. The first-order valence-corrected chi connectivity index (χ1v) is 15.0. The van der Waals surface area contributed by atoms with Crippen molar-refractivity contribution in [2.45, 2.75) is 37.6 Å². The summed E-state index contributed by atoms with van der Waals surface area (Å²) in [7, 11) is -2.29. The lowest BCUT2D eigenvalue weighted by molar-refractivity contribution is 0.248. The normalized spacial score (nSPS) is 16.2. The van der Waals surface area contributed by atoms with Crippen LogP contribution in [0.25, 0.3) is 11.3 Å². The van der Waals surface area contributed by atoms with E-state index in [4.69, 9.17) is 4.74 Å². The minimum atomic E-state index is -3.95. The maximum Gasteiger partial charge on any atom is 0.267 e. The van der Waals surface area contributed by atoms with Gasteiger partial charge in [-0.3, -0.25) is 9.58 Å². The number of rotatable bonds is 8. The predicted molar refractivity (Wildman–Crippen MR) is 154 cm³/mol. The number of aryl methyl sites for hydroxylation is 3. The second kappa shape index (κ2) is 10.5. The Labute approximate surface area is 234 Å². The molecule has 0 amide bonds. The van der Waals surface area contributed by atoms with Crippen molar-refractivity contribution >= 4 is 21.7 Å². The van der Waals surface area contributed by atoms with Gasteiger partial charge >= 0.3 is 0 Å². The van der Waals surface area contributed by atoms with Crippen molar-refractivity contribution in [2.75, 3.05) is 35.8 Å². The third-order valence-electron chi connectivity index (χ3n) is 7.46. The first-order chi connectivity index (χ1) is 19.2. The lowest BCUT2D eigenvalue weighted by Gasteiger charge is -2.36. The van der Waals surface area contributed by atoms with E-state index in [0.29, 0.717) is 11.4 Å². The molecule has 10 nitrogen and oxygen atoms in total. The van der Waals surface area contributed by atoms with Crippen molar-refractivity contribution in [1.29, 1.82) is 0 Å². The summed E-state index contributed by atoms with van der Waals surface area (Å²) in [6.45, 7) is 8.22. The van der Waals surface area contributed by atoms with Crippen molar-refractivity contribution in [2.24, 2.45) is 7.05 Å². The average molecular weight is 560 g/mol. The van der Waals surface area contributed by atoms with E-state index < -0.39 is 10.0 Å². The number of benzene rings is 2. The van der Waals surface area contributed by atoms with Crippen LogP contribution in [0.3, 0.4) is 0 Å². The number of nitrogens with zero attached hydrogens (tertiary/aromatic N) is 6. The molecular weight excluding hydrogens is 526 g/mol. The number of hydrogen-bond acceptors (Lipinski definition) is 8. The molecule has 2 aromatic heterocycles.